The summed E-state index contributed by atoms with van der Waals surface area (Å²) in [7, 11) is 0. The molecule has 1 saturated heterocycles. The minimum Gasteiger partial charge on any atom is -0.461 e. The van der Waals surface area contributed by atoms with Crippen LogP contribution in [-0.4, -0.2) is 55.7 Å². The number of hydrogen-bond donors (Lipinski definition) is 0. The molecule has 4 heterocycles. The summed E-state index contributed by atoms with van der Waals surface area (Å²) in [6.07, 6.45) is 6.45. The van der Waals surface area contributed by atoms with Crippen LogP contribution in [0.5, 0.6) is 0 Å². The first kappa shape index (κ1) is 14.4. The van der Waals surface area contributed by atoms with Crippen LogP contribution in [0, 0.1) is 0 Å². The summed E-state index contributed by atoms with van der Waals surface area (Å²) in [5, 5.41) is 8.18. The van der Waals surface area contributed by atoms with Crippen molar-refractivity contribution in [3.63, 3.8) is 0 Å². The van der Waals surface area contributed by atoms with Crippen molar-refractivity contribution in [2.75, 3.05) is 19.7 Å². The van der Waals surface area contributed by atoms with Gasteiger partial charge in [0.1, 0.15) is 12.3 Å². The highest BCUT2D eigenvalue weighted by Gasteiger charge is 2.21. The van der Waals surface area contributed by atoms with E-state index >= 15 is 0 Å². The molecule has 3 aromatic rings. The smallest absolute Gasteiger partial charge is 0.410 e. The van der Waals surface area contributed by atoms with Gasteiger partial charge in [-0.25, -0.2) is 14.8 Å². The molecular formula is C15H14N6O3. The Hall–Kier alpha value is -3.23. The van der Waals surface area contributed by atoms with Crippen molar-refractivity contribution in [2.45, 2.75) is 6.54 Å². The van der Waals surface area contributed by atoms with E-state index in [0.717, 1.165) is 5.56 Å². The number of nitrogens with zero attached hydrogens (tertiary/aromatic N) is 6. The number of hydrogen-bond acceptors (Lipinski definition) is 7. The second-order valence-electron chi connectivity index (χ2n) is 5.24. The molecule has 0 aromatic carbocycles. The number of amides is 1. The Kier molecular flexibility index (Phi) is 3.66. The lowest BCUT2D eigenvalue weighted by Gasteiger charge is -2.11. The molecule has 0 aliphatic carbocycles. The topological polar surface area (TPSA) is 99.2 Å². The molecule has 122 valence electrons. The van der Waals surface area contributed by atoms with Crippen molar-refractivity contribution >= 4 is 6.09 Å². The van der Waals surface area contributed by atoms with E-state index < -0.39 is 0 Å². The number of carbonyl (C=O) groups is 1. The number of rotatable bonds is 5. The van der Waals surface area contributed by atoms with Crippen LogP contribution in [-0.2, 0) is 11.3 Å². The third-order valence-corrected chi connectivity index (χ3v) is 3.67. The van der Waals surface area contributed by atoms with E-state index in [-0.39, 0.29) is 6.09 Å². The standard InChI is InChI=1S/C15H14N6O3/c22-15-20(5-7-24-15)3-4-21-10-12(18-19-21)11-8-16-14(17-9-11)13-2-1-6-23-13/h1-2,6,8-10H,3-5,7H2. The lowest BCUT2D eigenvalue weighted by atomic mass is 10.2. The van der Waals surface area contributed by atoms with Crippen molar-refractivity contribution in [3.8, 4) is 22.8 Å². The molecule has 0 bridgehead atoms. The summed E-state index contributed by atoms with van der Waals surface area (Å²) < 4.78 is 11.8. The Morgan fingerprint density at radius 1 is 1.21 bits per heavy atom. The molecule has 1 aliphatic heterocycles. The summed E-state index contributed by atoms with van der Waals surface area (Å²) in [4.78, 5) is 21.6. The van der Waals surface area contributed by atoms with Gasteiger partial charge >= 0.3 is 6.09 Å². The molecule has 0 saturated carbocycles. The molecule has 1 amide bonds. The highest BCUT2D eigenvalue weighted by atomic mass is 16.6. The Morgan fingerprint density at radius 3 is 2.79 bits per heavy atom. The van der Waals surface area contributed by atoms with Crippen molar-refractivity contribution in [1.29, 1.82) is 0 Å². The molecule has 0 spiro atoms. The largest absolute Gasteiger partial charge is 0.461 e. The number of ether oxygens (including phenoxy) is 1. The Morgan fingerprint density at radius 2 is 2.08 bits per heavy atom. The number of carbonyl (C=O) groups excluding carboxylic acids is 1. The zero-order valence-electron chi connectivity index (χ0n) is 12.7. The predicted molar refractivity (Wildman–Crippen MR) is 81.7 cm³/mol. The second-order valence-corrected chi connectivity index (χ2v) is 5.24. The third-order valence-electron chi connectivity index (χ3n) is 3.67. The first-order valence-electron chi connectivity index (χ1n) is 7.48. The van der Waals surface area contributed by atoms with E-state index in [9.17, 15) is 4.79 Å². The van der Waals surface area contributed by atoms with Crippen LogP contribution in [0.1, 0.15) is 0 Å². The lowest BCUT2D eigenvalue weighted by molar-refractivity contribution is 0.157. The SMILES string of the molecule is O=C1OCCN1CCn1cc(-c2cnc(-c3ccco3)nc2)nn1. The van der Waals surface area contributed by atoms with Gasteiger partial charge in [0.05, 0.1) is 25.5 Å². The minimum absolute atomic E-state index is 0.280. The predicted octanol–water partition coefficient (Wildman–Crippen LogP) is 1.45. The van der Waals surface area contributed by atoms with Gasteiger partial charge in [-0.3, -0.25) is 4.68 Å². The summed E-state index contributed by atoms with van der Waals surface area (Å²) in [5.41, 5.74) is 1.43. The monoisotopic (exact) mass is 326 g/mol. The normalized spacial score (nSPS) is 14.2. The van der Waals surface area contributed by atoms with Crippen LogP contribution in [0.2, 0.25) is 0 Å². The second kappa shape index (κ2) is 6.11. The summed E-state index contributed by atoms with van der Waals surface area (Å²) >= 11 is 0. The van der Waals surface area contributed by atoms with Crippen molar-refractivity contribution < 1.29 is 13.9 Å². The summed E-state index contributed by atoms with van der Waals surface area (Å²) in [6.45, 7) is 2.15. The van der Waals surface area contributed by atoms with E-state index in [1.54, 1.807) is 46.6 Å². The van der Waals surface area contributed by atoms with E-state index in [1.165, 1.54) is 0 Å². The molecule has 3 aromatic heterocycles. The van der Waals surface area contributed by atoms with Crippen LogP contribution in [0.4, 0.5) is 4.79 Å². The number of cyclic esters (lactones) is 1. The first-order chi connectivity index (χ1) is 11.8. The molecule has 4 rings (SSSR count). The minimum atomic E-state index is -0.280. The zero-order valence-corrected chi connectivity index (χ0v) is 12.7. The van der Waals surface area contributed by atoms with E-state index in [0.29, 0.717) is 43.5 Å². The highest BCUT2D eigenvalue weighted by Crippen LogP contribution is 2.18. The number of aromatic nitrogens is 5. The first-order valence-corrected chi connectivity index (χ1v) is 7.48. The Balaban J connectivity index is 1.43. The fraction of sp³-hybridized carbons (Fsp3) is 0.267. The quantitative estimate of drug-likeness (QED) is 0.699. The maximum Gasteiger partial charge on any atom is 0.410 e. The lowest BCUT2D eigenvalue weighted by Crippen LogP contribution is -2.28. The fourth-order valence-corrected chi connectivity index (χ4v) is 2.39. The molecule has 0 radical (unpaired) electrons. The van der Waals surface area contributed by atoms with Gasteiger partial charge in [-0.2, -0.15) is 0 Å². The van der Waals surface area contributed by atoms with Gasteiger partial charge in [-0.05, 0) is 12.1 Å². The van der Waals surface area contributed by atoms with Gasteiger partial charge in [0.25, 0.3) is 0 Å². The number of furan rings is 1. The van der Waals surface area contributed by atoms with E-state index in [1.807, 2.05) is 0 Å². The highest BCUT2D eigenvalue weighted by molar-refractivity contribution is 5.69. The van der Waals surface area contributed by atoms with Crippen LogP contribution in [0.25, 0.3) is 22.8 Å². The van der Waals surface area contributed by atoms with Crippen molar-refractivity contribution in [1.82, 2.24) is 29.9 Å². The maximum absolute atomic E-state index is 11.4. The van der Waals surface area contributed by atoms with Crippen LogP contribution in [0.3, 0.4) is 0 Å². The molecule has 9 heteroatoms. The van der Waals surface area contributed by atoms with E-state index in [4.69, 9.17) is 9.15 Å². The zero-order chi connectivity index (χ0) is 16.4. The molecule has 24 heavy (non-hydrogen) atoms. The van der Waals surface area contributed by atoms with Crippen LogP contribution < -0.4 is 0 Å². The fourth-order valence-electron chi connectivity index (χ4n) is 2.39. The molecule has 9 nitrogen and oxygen atoms in total. The van der Waals surface area contributed by atoms with Gasteiger partial charge in [0, 0.05) is 24.5 Å². The Bertz CT molecular complexity index is 827. The van der Waals surface area contributed by atoms with Gasteiger partial charge in [0.15, 0.2) is 11.6 Å². The van der Waals surface area contributed by atoms with Gasteiger partial charge in [-0.15, -0.1) is 5.10 Å². The average molecular weight is 326 g/mol. The van der Waals surface area contributed by atoms with E-state index in [2.05, 4.69) is 20.3 Å². The molecule has 1 aliphatic rings. The molecule has 0 unspecified atom stereocenters. The van der Waals surface area contributed by atoms with Crippen LogP contribution >= 0.6 is 0 Å². The summed E-state index contributed by atoms with van der Waals surface area (Å²) in [6, 6.07) is 3.59. The van der Waals surface area contributed by atoms with Crippen molar-refractivity contribution in [3.05, 3.63) is 37.0 Å². The molecule has 0 N–H and O–H groups in total. The molecular weight excluding hydrogens is 312 g/mol. The summed E-state index contributed by atoms with van der Waals surface area (Å²) in [5.74, 6) is 1.13. The van der Waals surface area contributed by atoms with Gasteiger partial charge in [0.2, 0.25) is 0 Å². The molecule has 0 atom stereocenters. The average Bonchev–Trinajstić information content (AvgIpc) is 3.35. The molecule has 1 fully saturated rings. The van der Waals surface area contributed by atoms with Crippen molar-refractivity contribution in [2.24, 2.45) is 0 Å². The van der Waals surface area contributed by atoms with Gasteiger partial charge < -0.3 is 14.1 Å². The Labute approximate surface area is 136 Å². The maximum atomic E-state index is 11.4. The van der Waals surface area contributed by atoms with Crippen LogP contribution in [0.15, 0.2) is 41.4 Å². The van der Waals surface area contributed by atoms with Gasteiger partial charge in [-0.1, -0.05) is 5.21 Å². The third kappa shape index (κ3) is 2.83.